The summed E-state index contributed by atoms with van der Waals surface area (Å²) < 4.78 is 0. The first-order chi connectivity index (χ1) is 11.3. The van der Waals surface area contributed by atoms with E-state index >= 15 is 0 Å². The molecule has 0 unspecified atom stereocenters. The quantitative estimate of drug-likeness (QED) is 0.884. The molecule has 0 radical (unpaired) electrons. The number of hydrogen-bond acceptors (Lipinski definition) is 3. The van der Waals surface area contributed by atoms with Crippen molar-refractivity contribution in [1.29, 1.82) is 0 Å². The lowest BCUT2D eigenvalue weighted by Crippen LogP contribution is -2.29. The lowest BCUT2D eigenvalue weighted by atomic mass is 9.89. The molecule has 1 fully saturated rings. The normalized spacial score (nSPS) is 20.8. The van der Waals surface area contributed by atoms with E-state index in [0.717, 1.165) is 25.9 Å². The van der Waals surface area contributed by atoms with Gasteiger partial charge < -0.3 is 10.6 Å². The molecule has 1 aromatic heterocycles. The van der Waals surface area contributed by atoms with Crippen LogP contribution in [0.4, 0.5) is 0 Å². The SMILES string of the molecule is NC[C@@H]1CN(C(=O)CCCc2cccs2)C[C@H]1c1ccccc1. The number of benzene rings is 1. The van der Waals surface area contributed by atoms with Gasteiger partial charge in [-0.05, 0) is 42.3 Å². The molecule has 0 spiro atoms. The molecule has 3 rings (SSSR count). The second kappa shape index (κ2) is 7.75. The van der Waals surface area contributed by atoms with Crippen molar-refractivity contribution in [2.75, 3.05) is 19.6 Å². The van der Waals surface area contributed by atoms with Gasteiger partial charge in [0, 0.05) is 30.3 Å². The van der Waals surface area contributed by atoms with Crippen LogP contribution in [-0.4, -0.2) is 30.4 Å². The summed E-state index contributed by atoms with van der Waals surface area (Å²) in [5.41, 5.74) is 7.25. The standard InChI is InChI=1S/C19H24N2OS/c20-12-16-13-21(14-18(16)15-6-2-1-3-7-15)19(22)10-4-8-17-9-5-11-23-17/h1-3,5-7,9,11,16,18H,4,8,10,12-14,20H2/t16-,18+/m1/s1. The van der Waals surface area contributed by atoms with Gasteiger partial charge in [-0.3, -0.25) is 4.79 Å². The van der Waals surface area contributed by atoms with Gasteiger partial charge in [0.15, 0.2) is 0 Å². The summed E-state index contributed by atoms with van der Waals surface area (Å²) in [4.78, 5) is 15.9. The van der Waals surface area contributed by atoms with Crippen LogP contribution in [0.5, 0.6) is 0 Å². The molecule has 4 heteroatoms. The predicted octanol–water partition coefficient (Wildman–Crippen LogP) is 3.27. The zero-order chi connectivity index (χ0) is 16.1. The second-order valence-corrected chi connectivity index (χ2v) is 7.28. The number of hydrogen-bond donors (Lipinski definition) is 1. The van der Waals surface area contributed by atoms with E-state index in [1.165, 1.54) is 10.4 Å². The third-order valence-corrected chi connectivity index (χ3v) is 5.65. The highest BCUT2D eigenvalue weighted by atomic mass is 32.1. The Bertz CT molecular complexity index is 612. The highest BCUT2D eigenvalue weighted by molar-refractivity contribution is 7.09. The average molecular weight is 328 g/mol. The van der Waals surface area contributed by atoms with E-state index in [0.29, 0.717) is 24.8 Å². The monoisotopic (exact) mass is 328 g/mol. The average Bonchev–Trinajstić information content (AvgIpc) is 3.25. The fourth-order valence-corrected chi connectivity index (χ4v) is 4.17. The number of carbonyl (C=O) groups is 1. The van der Waals surface area contributed by atoms with Gasteiger partial charge in [-0.25, -0.2) is 0 Å². The first kappa shape index (κ1) is 16.2. The minimum Gasteiger partial charge on any atom is -0.342 e. The zero-order valence-corrected chi connectivity index (χ0v) is 14.2. The lowest BCUT2D eigenvalue weighted by Gasteiger charge is -2.16. The van der Waals surface area contributed by atoms with E-state index in [9.17, 15) is 4.79 Å². The van der Waals surface area contributed by atoms with Crippen LogP contribution in [0.25, 0.3) is 0 Å². The number of amides is 1. The molecule has 1 saturated heterocycles. The molecule has 2 atom stereocenters. The molecule has 1 aromatic carbocycles. The Kier molecular flexibility index (Phi) is 5.47. The van der Waals surface area contributed by atoms with Crippen molar-refractivity contribution in [2.45, 2.75) is 25.2 Å². The Morgan fingerprint density at radius 1 is 1.17 bits per heavy atom. The molecule has 0 saturated carbocycles. The van der Waals surface area contributed by atoms with Crippen LogP contribution in [0.1, 0.15) is 29.2 Å². The largest absolute Gasteiger partial charge is 0.342 e. The van der Waals surface area contributed by atoms with Gasteiger partial charge in [-0.2, -0.15) is 0 Å². The Labute approximate surface area is 142 Å². The first-order valence-electron chi connectivity index (χ1n) is 8.33. The number of likely N-dealkylation sites (tertiary alicyclic amines) is 1. The van der Waals surface area contributed by atoms with Gasteiger partial charge in [0.25, 0.3) is 0 Å². The van der Waals surface area contributed by atoms with Gasteiger partial charge in [0.2, 0.25) is 5.91 Å². The minimum atomic E-state index is 0.276. The molecule has 0 bridgehead atoms. The maximum absolute atomic E-state index is 12.5. The summed E-state index contributed by atoms with van der Waals surface area (Å²) in [7, 11) is 0. The lowest BCUT2D eigenvalue weighted by molar-refractivity contribution is -0.130. The Morgan fingerprint density at radius 2 is 2.00 bits per heavy atom. The molecular weight excluding hydrogens is 304 g/mol. The van der Waals surface area contributed by atoms with Crippen molar-refractivity contribution in [1.82, 2.24) is 4.90 Å². The van der Waals surface area contributed by atoms with Gasteiger partial charge in [0.05, 0.1) is 0 Å². The molecule has 0 aliphatic carbocycles. The third-order valence-electron chi connectivity index (χ3n) is 4.72. The van der Waals surface area contributed by atoms with Crippen LogP contribution < -0.4 is 5.73 Å². The zero-order valence-electron chi connectivity index (χ0n) is 13.4. The Balaban J connectivity index is 1.55. The van der Waals surface area contributed by atoms with E-state index < -0.39 is 0 Å². The smallest absolute Gasteiger partial charge is 0.222 e. The summed E-state index contributed by atoms with van der Waals surface area (Å²) in [5, 5.41) is 2.09. The fraction of sp³-hybridized carbons (Fsp3) is 0.421. The van der Waals surface area contributed by atoms with E-state index in [4.69, 9.17) is 5.73 Å². The third kappa shape index (κ3) is 4.01. The number of thiophene rings is 1. The number of nitrogens with zero attached hydrogens (tertiary/aromatic N) is 1. The summed E-state index contributed by atoms with van der Waals surface area (Å²) >= 11 is 1.77. The van der Waals surface area contributed by atoms with Crippen LogP contribution in [0.2, 0.25) is 0 Å². The van der Waals surface area contributed by atoms with Crippen molar-refractivity contribution in [3.8, 4) is 0 Å². The number of nitrogens with two attached hydrogens (primary N) is 1. The van der Waals surface area contributed by atoms with E-state index in [1.807, 2.05) is 11.0 Å². The van der Waals surface area contributed by atoms with Gasteiger partial charge >= 0.3 is 0 Å². The summed E-state index contributed by atoms with van der Waals surface area (Å²) in [6, 6.07) is 14.7. The number of rotatable bonds is 6. The van der Waals surface area contributed by atoms with Crippen LogP contribution in [0.15, 0.2) is 47.8 Å². The van der Waals surface area contributed by atoms with Gasteiger partial charge in [-0.1, -0.05) is 36.4 Å². The molecule has 1 aliphatic heterocycles. The molecular formula is C19H24N2OS. The highest BCUT2D eigenvalue weighted by Gasteiger charge is 2.34. The van der Waals surface area contributed by atoms with Gasteiger partial charge in [-0.15, -0.1) is 11.3 Å². The Morgan fingerprint density at radius 3 is 2.70 bits per heavy atom. The van der Waals surface area contributed by atoms with Crippen LogP contribution in [0.3, 0.4) is 0 Å². The van der Waals surface area contributed by atoms with E-state index in [-0.39, 0.29) is 5.91 Å². The molecule has 3 nitrogen and oxygen atoms in total. The molecule has 2 heterocycles. The van der Waals surface area contributed by atoms with Crippen molar-refractivity contribution in [2.24, 2.45) is 11.7 Å². The van der Waals surface area contributed by atoms with Crippen LogP contribution in [0, 0.1) is 5.92 Å². The molecule has 2 N–H and O–H groups in total. The number of carbonyl (C=O) groups excluding carboxylic acids is 1. The van der Waals surface area contributed by atoms with Crippen LogP contribution >= 0.6 is 11.3 Å². The molecule has 1 aliphatic rings. The van der Waals surface area contributed by atoms with E-state index in [1.54, 1.807) is 11.3 Å². The number of aryl methyl sites for hydroxylation is 1. The Hall–Kier alpha value is -1.65. The van der Waals surface area contributed by atoms with Crippen molar-refractivity contribution < 1.29 is 4.79 Å². The van der Waals surface area contributed by atoms with Crippen molar-refractivity contribution in [3.63, 3.8) is 0 Å². The highest BCUT2D eigenvalue weighted by Crippen LogP contribution is 2.32. The summed E-state index contributed by atoms with van der Waals surface area (Å²) in [5.74, 6) is 1.03. The molecule has 23 heavy (non-hydrogen) atoms. The fourth-order valence-electron chi connectivity index (χ4n) is 3.42. The van der Waals surface area contributed by atoms with Gasteiger partial charge in [0.1, 0.15) is 0 Å². The molecule has 1 amide bonds. The summed E-state index contributed by atoms with van der Waals surface area (Å²) in [6.07, 6.45) is 2.57. The topological polar surface area (TPSA) is 46.3 Å². The predicted molar refractivity (Wildman–Crippen MR) is 95.6 cm³/mol. The first-order valence-corrected chi connectivity index (χ1v) is 9.21. The minimum absolute atomic E-state index is 0.276. The van der Waals surface area contributed by atoms with E-state index in [2.05, 4.69) is 41.8 Å². The van der Waals surface area contributed by atoms with Crippen molar-refractivity contribution >= 4 is 17.2 Å². The molecule has 122 valence electrons. The van der Waals surface area contributed by atoms with Crippen LogP contribution in [-0.2, 0) is 11.2 Å². The van der Waals surface area contributed by atoms with Crippen molar-refractivity contribution in [3.05, 3.63) is 58.3 Å². The maximum Gasteiger partial charge on any atom is 0.222 e. The molecule has 2 aromatic rings. The summed E-state index contributed by atoms with van der Waals surface area (Å²) in [6.45, 7) is 2.25. The second-order valence-electron chi connectivity index (χ2n) is 6.24. The maximum atomic E-state index is 12.5.